The number of anilines is 1. The maximum absolute atomic E-state index is 13.8. The van der Waals surface area contributed by atoms with Crippen molar-refractivity contribution in [2.75, 3.05) is 5.32 Å². The zero-order chi connectivity index (χ0) is 19.9. The first-order valence-electron chi connectivity index (χ1n) is 6.98. The number of rotatable bonds is 3. The Morgan fingerprint density at radius 2 is 1.63 bits per heavy atom. The fraction of sp³-hybridized carbons (Fsp3) is 0. The molecule has 0 unspecified atom stereocenters. The van der Waals surface area contributed by atoms with Gasteiger partial charge in [0.25, 0.3) is 5.91 Å². The largest absolute Gasteiger partial charge is 0.507 e. The maximum atomic E-state index is 13.8. The summed E-state index contributed by atoms with van der Waals surface area (Å²) >= 11 is 6.42. The van der Waals surface area contributed by atoms with Gasteiger partial charge in [-0.1, -0.05) is 11.6 Å². The third kappa shape index (κ3) is 3.45. The molecule has 0 spiro atoms. The summed E-state index contributed by atoms with van der Waals surface area (Å²) < 4.78 is 67.4. The van der Waals surface area contributed by atoms with Crippen molar-refractivity contribution in [3.05, 3.63) is 63.3 Å². The van der Waals surface area contributed by atoms with Crippen molar-refractivity contribution >= 4 is 34.0 Å². The molecule has 0 radical (unpaired) electrons. The van der Waals surface area contributed by atoms with Crippen molar-refractivity contribution in [3.8, 4) is 17.0 Å². The molecule has 3 aromatic rings. The van der Waals surface area contributed by atoms with Crippen LogP contribution in [0.4, 0.5) is 27.1 Å². The third-order valence-electron chi connectivity index (χ3n) is 3.39. The van der Waals surface area contributed by atoms with Crippen LogP contribution in [0.5, 0.6) is 5.75 Å². The highest BCUT2D eigenvalue weighted by molar-refractivity contribution is 7.14. The van der Waals surface area contributed by atoms with E-state index in [2.05, 4.69) is 10.3 Å². The van der Waals surface area contributed by atoms with Gasteiger partial charge in [-0.25, -0.2) is 26.9 Å². The number of benzene rings is 2. The lowest BCUT2D eigenvalue weighted by Crippen LogP contribution is -2.12. The summed E-state index contributed by atoms with van der Waals surface area (Å²) in [5, 5.41) is 12.9. The van der Waals surface area contributed by atoms with Gasteiger partial charge in [0.2, 0.25) is 5.82 Å². The van der Waals surface area contributed by atoms with E-state index in [1.807, 2.05) is 0 Å². The standard InChI is InChI=1S/C16H6ClF5N2O2S/c17-5-1-2-8(25)6(3-5)15(26)24-16-23-7(4-27-16)9-10(18)12(20)14(22)13(21)11(9)19/h1-4,25H,(H,23,24,26). The van der Waals surface area contributed by atoms with Gasteiger partial charge in [0.05, 0.1) is 16.8 Å². The van der Waals surface area contributed by atoms with E-state index < -0.39 is 46.3 Å². The Morgan fingerprint density at radius 1 is 1.04 bits per heavy atom. The summed E-state index contributed by atoms with van der Waals surface area (Å²) in [7, 11) is 0. The van der Waals surface area contributed by atoms with E-state index in [0.717, 1.165) is 5.38 Å². The number of hydrogen-bond acceptors (Lipinski definition) is 4. The second kappa shape index (κ2) is 7.12. The second-order valence-electron chi connectivity index (χ2n) is 5.10. The van der Waals surface area contributed by atoms with Crippen molar-refractivity contribution in [3.63, 3.8) is 0 Å². The van der Waals surface area contributed by atoms with Gasteiger partial charge in [0, 0.05) is 10.4 Å². The van der Waals surface area contributed by atoms with Gasteiger partial charge < -0.3 is 5.11 Å². The Bertz CT molecular complexity index is 1040. The molecule has 3 rings (SSSR count). The van der Waals surface area contributed by atoms with Crippen molar-refractivity contribution in [1.29, 1.82) is 0 Å². The highest BCUT2D eigenvalue weighted by atomic mass is 35.5. The fourth-order valence-corrected chi connectivity index (χ4v) is 3.00. The number of aromatic nitrogens is 1. The zero-order valence-electron chi connectivity index (χ0n) is 12.8. The van der Waals surface area contributed by atoms with Crippen molar-refractivity contribution in [2.45, 2.75) is 0 Å². The van der Waals surface area contributed by atoms with Crippen LogP contribution in [0.15, 0.2) is 23.6 Å². The van der Waals surface area contributed by atoms with Crippen molar-refractivity contribution in [2.24, 2.45) is 0 Å². The van der Waals surface area contributed by atoms with Gasteiger partial charge in [-0.2, -0.15) is 0 Å². The first kappa shape index (κ1) is 19.1. The molecule has 11 heteroatoms. The molecule has 27 heavy (non-hydrogen) atoms. The molecular weight excluding hydrogens is 415 g/mol. The first-order valence-corrected chi connectivity index (χ1v) is 8.23. The van der Waals surface area contributed by atoms with Crippen LogP contribution in [0.3, 0.4) is 0 Å². The number of thiazole rings is 1. The molecule has 0 aliphatic rings. The molecule has 0 aliphatic carbocycles. The Hall–Kier alpha value is -2.72. The molecule has 0 saturated heterocycles. The van der Waals surface area contributed by atoms with E-state index in [-0.39, 0.29) is 21.5 Å². The lowest BCUT2D eigenvalue weighted by atomic mass is 10.1. The normalized spacial score (nSPS) is 10.9. The predicted octanol–water partition coefficient (Wildman–Crippen LogP) is 5.12. The first-order chi connectivity index (χ1) is 12.7. The smallest absolute Gasteiger partial charge is 0.261 e. The van der Waals surface area contributed by atoms with E-state index in [1.54, 1.807) is 0 Å². The minimum absolute atomic E-state index is 0.166. The highest BCUT2D eigenvalue weighted by Gasteiger charge is 2.28. The molecule has 0 bridgehead atoms. The van der Waals surface area contributed by atoms with E-state index in [1.165, 1.54) is 18.2 Å². The van der Waals surface area contributed by atoms with Gasteiger partial charge in [0.1, 0.15) is 5.75 Å². The van der Waals surface area contributed by atoms with Gasteiger partial charge in [-0.15, -0.1) is 11.3 Å². The number of phenolic OH excluding ortho intramolecular Hbond substituents is 1. The summed E-state index contributed by atoms with van der Waals surface area (Å²) in [5.74, 6) is -11.8. The van der Waals surface area contributed by atoms with Crippen LogP contribution >= 0.6 is 22.9 Å². The number of nitrogens with zero attached hydrogens (tertiary/aromatic N) is 1. The lowest BCUT2D eigenvalue weighted by Gasteiger charge is -2.06. The molecule has 0 aliphatic heterocycles. The average Bonchev–Trinajstić information content (AvgIpc) is 3.08. The number of carbonyl (C=O) groups is 1. The number of phenols is 1. The van der Waals surface area contributed by atoms with Crippen LogP contribution in [0.25, 0.3) is 11.3 Å². The van der Waals surface area contributed by atoms with Gasteiger partial charge >= 0.3 is 0 Å². The molecule has 1 amide bonds. The minimum Gasteiger partial charge on any atom is -0.507 e. The number of nitrogens with one attached hydrogen (secondary N) is 1. The summed E-state index contributed by atoms with van der Waals surface area (Å²) in [5.41, 5.74) is -1.97. The summed E-state index contributed by atoms with van der Waals surface area (Å²) in [6.07, 6.45) is 0. The predicted molar refractivity (Wildman–Crippen MR) is 88.4 cm³/mol. The zero-order valence-corrected chi connectivity index (χ0v) is 14.4. The minimum atomic E-state index is -2.28. The van der Waals surface area contributed by atoms with Crippen molar-refractivity contribution < 1.29 is 31.9 Å². The molecule has 0 saturated carbocycles. The van der Waals surface area contributed by atoms with Crippen LogP contribution < -0.4 is 5.32 Å². The topological polar surface area (TPSA) is 62.2 Å². The molecule has 4 nitrogen and oxygen atoms in total. The quantitative estimate of drug-likeness (QED) is 0.351. The third-order valence-corrected chi connectivity index (χ3v) is 4.39. The molecule has 1 heterocycles. The van der Waals surface area contributed by atoms with E-state index >= 15 is 0 Å². The maximum Gasteiger partial charge on any atom is 0.261 e. The van der Waals surface area contributed by atoms with E-state index in [0.29, 0.717) is 11.3 Å². The highest BCUT2D eigenvalue weighted by Crippen LogP contribution is 2.33. The SMILES string of the molecule is O=C(Nc1nc(-c2c(F)c(F)c(F)c(F)c2F)cs1)c1cc(Cl)ccc1O. The van der Waals surface area contributed by atoms with Gasteiger partial charge in [-0.3, -0.25) is 10.1 Å². The second-order valence-corrected chi connectivity index (χ2v) is 6.39. The Morgan fingerprint density at radius 3 is 2.26 bits per heavy atom. The molecule has 1 aromatic heterocycles. The molecule has 140 valence electrons. The number of carbonyl (C=O) groups excluding carboxylic acids is 1. The molecule has 0 atom stereocenters. The molecule has 0 fully saturated rings. The van der Waals surface area contributed by atoms with Crippen molar-refractivity contribution in [1.82, 2.24) is 4.98 Å². The van der Waals surface area contributed by atoms with Crippen LogP contribution in [0.2, 0.25) is 5.02 Å². The van der Waals surface area contributed by atoms with E-state index in [9.17, 15) is 31.9 Å². The van der Waals surface area contributed by atoms with Crippen LogP contribution in [-0.2, 0) is 0 Å². The van der Waals surface area contributed by atoms with Gasteiger partial charge in [0.15, 0.2) is 28.4 Å². The summed E-state index contributed by atoms with van der Waals surface area (Å²) in [6, 6.07) is 3.70. The molecular formula is C16H6ClF5N2O2S. The Kier molecular flexibility index (Phi) is 5.03. The molecule has 2 aromatic carbocycles. The summed E-state index contributed by atoms with van der Waals surface area (Å²) in [6.45, 7) is 0. The lowest BCUT2D eigenvalue weighted by molar-refractivity contribution is 0.102. The number of hydrogen-bond donors (Lipinski definition) is 2. The summed E-state index contributed by atoms with van der Waals surface area (Å²) in [4.78, 5) is 15.8. The average molecular weight is 421 g/mol. The fourth-order valence-electron chi connectivity index (χ4n) is 2.13. The van der Waals surface area contributed by atoms with Crippen LogP contribution in [0.1, 0.15) is 10.4 Å². The molecule has 2 N–H and O–H groups in total. The van der Waals surface area contributed by atoms with E-state index in [4.69, 9.17) is 11.6 Å². The number of aromatic hydroxyl groups is 1. The monoisotopic (exact) mass is 420 g/mol. The number of amides is 1. The number of halogens is 6. The van der Waals surface area contributed by atoms with Crippen LogP contribution in [0, 0.1) is 29.1 Å². The Labute approximate surface area is 156 Å². The van der Waals surface area contributed by atoms with Gasteiger partial charge in [-0.05, 0) is 18.2 Å². The van der Waals surface area contributed by atoms with Crippen LogP contribution in [-0.4, -0.2) is 16.0 Å². The Balaban J connectivity index is 1.95.